The van der Waals surface area contributed by atoms with Gasteiger partial charge in [0.2, 0.25) is 0 Å². The van der Waals surface area contributed by atoms with Crippen LogP contribution in [0.4, 0.5) is 5.69 Å². The molecule has 3 heteroatoms. The quantitative estimate of drug-likeness (QED) is 0.776. The van der Waals surface area contributed by atoms with Crippen LogP contribution in [-0.2, 0) is 0 Å². The largest absolute Gasteiger partial charge is 0.380 e. The summed E-state index contributed by atoms with van der Waals surface area (Å²) in [6, 6.07) is 13.8. The van der Waals surface area contributed by atoms with Crippen molar-refractivity contribution < 1.29 is 0 Å². The normalized spacial score (nSPS) is 15.6. The highest BCUT2D eigenvalue weighted by Crippen LogP contribution is 2.34. The maximum Gasteiger partial charge on any atom is 0.0434 e. The smallest absolute Gasteiger partial charge is 0.0434 e. The Morgan fingerprint density at radius 3 is 2.67 bits per heavy atom. The minimum atomic E-state index is 0.755. The highest BCUT2D eigenvalue weighted by atomic mass is 35.5. The Kier molecular flexibility index (Phi) is 3.02. The van der Waals surface area contributed by atoms with Gasteiger partial charge in [-0.05, 0) is 41.5 Å². The molecule has 1 N–H and O–H groups in total. The van der Waals surface area contributed by atoms with Gasteiger partial charge in [0.25, 0.3) is 0 Å². The molecular formula is C15H11Cl2N. The van der Waals surface area contributed by atoms with E-state index in [4.69, 9.17) is 23.2 Å². The molecule has 0 aliphatic carbocycles. The van der Waals surface area contributed by atoms with E-state index in [2.05, 4.69) is 11.4 Å². The summed E-state index contributed by atoms with van der Waals surface area (Å²) >= 11 is 12.0. The molecule has 2 aromatic carbocycles. The van der Waals surface area contributed by atoms with Gasteiger partial charge in [0.15, 0.2) is 0 Å². The number of nitrogens with one attached hydrogen (secondary N) is 1. The lowest BCUT2D eigenvalue weighted by atomic mass is 10.0. The van der Waals surface area contributed by atoms with Crippen LogP contribution in [0.3, 0.4) is 0 Å². The zero-order valence-corrected chi connectivity index (χ0v) is 11.1. The fourth-order valence-corrected chi connectivity index (χ4v) is 2.53. The van der Waals surface area contributed by atoms with E-state index in [1.54, 1.807) is 0 Å². The van der Waals surface area contributed by atoms with Crippen molar-refractivity contribution in [2.75, 3.05) is 11.9 Å². The average molecular weight is 276 g/mol. The van der Waals surface area contributed by atoms with E-state index in [0.717, 1.165) is 27.8 Å². The highest BCUT2D eigenvalue weighted by molar-refractivity contribution is 6.31. The molecule has 1 aliphatic heterocycles. The van der Waals surface area contributed by atoms with Crippen LogP contribution in [0, 0.1) is 0 Å². The lowest BCUT2D eigenvalue weighted by Crippen LogP contribution is -1.91. The zero-order chi connectivity index (χ0) is 12.5. The van der Waals surface area contributed by atoms with Crippen LogP contribution < -0.4 is 5.32 Å². The highest BCUT2D eigenvalue weighted by Gasteiger charge is 2.15. The van der Waals surface area contributed by atoms with Gasteiger partial charge in [-0.1, -0.05) is 41.4 Å². The van der Waals surface area contributed by atoms with Gasteiger partial charge in [-0.2, -0.15) is 0 Å². The molecular weight excluding hydrogens is 265 g/mol. The first-order valence-electron chi connectivity index (χ1n) is 5.72. The Hall–Kier alpha value is -1.44. The topological polar surface area (TPSA) is 12.0 Å². The van der Waals surface area contributed by atoms with E-state index in [1.807, 2.05) is 42.5 Å². The second kappa shape index (κ2) is 4.68. The van der Waals surface area contributed by atoms with Crippen LogP contribution in [0.5, 0.6) is 0 Å². The van der Waals surface area contributed by atoms with Crippen molar-refractivity contribution in [2.24, 2.45) is 0 Å². The Bertz CT molecular complexity index is 632. The van der Waals surface area contributed by atoms with E-state index in [9.17, 15) is 0 Å². The third kappa shape index (κ3) is 2.24. The van der Waals surface area contributed by atoms with Crippen molar-refractivity contribution in [1.82, 2.24) is 0 Å². The van der Waals surface area contributed by atoms with E-state index < -0.39 is 0 Å². The molecule has 0 spiro atoms. The number of rotatable bonds is 1. The molecule has 0 radical (unpaired) electrons. The molecule has 1 aliphatic rings. The number of hydrogen-bond acceptors (Lipinski definition) is 1. The van der Waals surface area contributed by atoms with Gasteiger partial charge >= 0.3 is 0 Å². The monoisotopic (exact) mass is 275 g/mol. The average Bonchev–Trinajstić information content (AvgIpc) is 2.72. The van der Waals surface area contributed by atoms with Gasteiger partial charge in [-0.25, -0.2) is 0 Å². The fourth-order valence-electron chi connectivity index (χ4n) is 2.15. The Morgan fingerprint density at radius 1 is 1.00 bits per heavy atom. The lowest BCUT2D eigenvalue weighted by molar-refractivity contribution is 1.45. The number of fused-ring (bicyclic) bond motifs is 1. The number of anilines is 1. The predicted molar refractivity (Wildman–Crippen MR) is 79.3 cm³/mol. The van der Waals surface area contributed by atoms with Crippen molar-refractivity contribution >= 4 is 40.5 Å². The van der Waals surface area contributed by atoms with Crippen molar-refractivity contribution in [2.45, 2.75) is 0 Å². The molecule has 1 heterocycles. The summed E-state index contributed by atoms with van der Waals surface area (Å²) < 4.78 is 0. The second-order valence-electron chi connectivity index (χ2n) is 4.27. The molecule has 90 valence electrons. The Morgan fingerprint density at radius 2 is 1.83 bits per heavy atom. The number of halogens is 2. The van der Waals surface area contributed by atoms with Gasteiger partial charge in [0.1, 0.15) is 0 Å². The third-order valence-electron chi connectivity index (χ3n) is 2.99. The van der Waals surface area contributed by atoms with E-state index in [0.29, 0.717) is 0 Å². The summed E-state index contributed by atoms with van der Waals surface area (Å²) in [4.78, 5) is 0. The minimum absolute atomic E-state index is 0.755. The van der Waals surface area contributed by atoms with Gasteiger partial charge in [-0.3, -0.25) is 0 Å². The Labute approximate surface area is 116 Å². The maximum absolute atomic E-state index is 5.99. The van der Waals surface area contributed by atoms with Crippen molar-refractivity contribution in [3.63, 3.8) is 0 Å². The SMILES string of the molecule is Clc1cccc(/C=C2\CNc3cc(Cl)ccc32)c1. The van der Waals surface area contributed by atoms with E-state index >= 15 is 0 Å². The fraction of sp³-hybridized carbons (Fsp3) is 0.0667. The van der Waals surface area contributed by atoms with Crippen molar-refractivity contribution in [3.05, 3.63) is 63.6 Å². The Balaban J connectivity index is 2.01. The van der Waals surface area contributed by atoms with Crippen LogP contribution in [0.25, 0.3) is 11.6 Å². The lowest BCUT2D eigenvalue weighted by Gasteiger charge is -2.01. The van der Waals surface area contributed by atoms with Crippen molar-refractivity contribution in [3.8, 4) is 0 Å². The van der Waals surface area contributed by atoms with Crippen LogP contribution in [0.1, 0.15) is 11.1 Å². The molecule has 18 heavy (non-hydrogen) atoms. The molecule has 1 nitrogen and oxygen atoms in total. The summed E-state index contributed by atoms with van der Waals surface area (Å²) in [7, 11) is 0. The molecule has 3 rings (SSSR count). The van der Waals surface area contributed by atoms with Crippen molar-refractivity contribution in [1.29, 1.82) is 0 Å². The van der Waals surface area contributed by atoms with Gasteiger partial charge in [0, 0.05) is 27.8 Å². The summed E-state index contributed by atoms with van der Waals surface area (Å²) in [6.07, 6.45) is 2.15. The first-order chi connectivity index (χ1) is 8.72. The summed E-state index contributed by atoms with van der Waals surface area (Å²) in [5.41, 5.74) is 4.67. The molecule has 2 aromatic rings. The third-order valence-corrected chi connectivity index (χ3v) is 3.46. The van der Waals surface area contributed by atoms with Gasteiger partial charge in [-0.15, -0.1) is 0 Å². The van der Waals surface area contributed by atoms with Gasteiger partial charge in [0.05, 0.1) is 0 Å². The van der Waals surface area contributed by atoms with E-state index in [-0.39, 0.29) is 0 Å². The molecule has 0 atom stereocenters. The number of hydrogen-bond donors (Lipinski definition) is 1. The molecule has 0 saturated carbocycles. The molecule has 0 unspecified atom stereocenters. The van der Waals surface area contributed by atoms with Crippen LogP contribution in [-0.4, -0.2) is 6.54 Å². The number of benzene rings is 2. The first kappa shape index (κ1) is 11.6. The standard InChI is InChI=1S/C15H11Cl2N/c16-12-3-1-2-10(7-12)6-11-9-18-15-8-13(17)4-5-14(11)15/h1-8,18H,9H2/b11-6+. The van der Waals surface area contributed by atoms with Crippen LogP contribution in [0.2, 0.25) is 10.0 Å². The molecule has 0 fully saturated rings. The molecule has 0 saturated heterocycles. The molecule has 0 aromatic heterocycles. The zero-order valence-electron chi connectivity index (χ0n) is 9.58. The van der Waals surface area contributed by atoms with E-state index in [1.165, 1.54) is 11.1 Å². The van der Waals surface area contributed by atoms with Gasteiger partial charge < -0.3 is 5.32 Å². The minimum Gasteiger partial charge on any atom is -0.380 e. The predicted octanol–water partition coefficient (Wildman–Crippen LogP) is 4.96. The maximum atomic E-state index is 5.99. The molecule has 0 bridgehead atoms. The first-order valence-corrected chi connectivity index (χ1v) is 6.48. The second-order valence-corrected chi connectivity index (χ2v) is 5.14. The van der Waals surface area contributed by atoms with Crippen LogP contribution >= 0.6 is 23.2 Å². The molecule has 0 amide bonds. The summed E-state index contributed by atoms with van der Waals surface area (Å²) in [6.45, 7) is 0.822. The van der Waals surface area contributed by atoms with Crippen LogP contribution in [0.15, 0.2) is 42.5 Å². The summed E-state index contributed by atoms with van der Waals surface area (Å²) in [5.74, 6) is 0. The summed E-state index contributed by atoms with van der Waals surface area (Å²) in [5, 5.41) is 4.85.